The van der Waals surface area contributed by atoms with E-state index in [1.54, 1.807) is 0 Å². The molecule has 4 nitrogen and oxygen atoms in total. The van der Waals surface area contributed by atoms with Crippen LogP contribution >= 0.6 is 0 Å². The van der Waals surface area contributed by atoms with Crippen molar-refractivity contribution in [2.24, 2.45) is 11.7 Å². The maximum atomic E-state index is 6.36. The molecular formula is C16H24N2O2. The van der Waals surface area contributed by atoms with E-state index in [1.807, 2.05) is 12.1 Å². The standard InChI is InChI=1S/C16H24N2O2/c1-2-12-5-6-18(10-12)11-14(17)13-3-4-15-16(9-13)20-8-7-19-15/h3-4,9,12,14H,2,5-8,10-11,17H2,1H3. The van der Waals surface area contributed by atoms with Gasteiger partial charge in [-0.1, -0.05) is 19.4 Å². The van der Waals surface area contributed by atoms with Crippen LogP contribution in [0, 0.1) is 5.92 Å². The first-order chi connectivity index (χ1) is 9.76. The highest BCUT2D eigenvalue weighted by Crippen LogP contribution is 2.32. The van der Waals surface area contributed by atoms with Gasteiger partial charge in [-0.2, -0.15) is 0 Å². The predicted octanol–water partition coefficient (Wildman–Crippen LogP) is 2.19. The highest BCUT2D eigenvalue weighted by molar-refractivity contribution is 5.44. The van der Waals surface area contributed by atoms with E-state index in [0.717, 1.165) is 29.5 Å². The maximum Gasteiger partial charge on any atom is 0.161 e. The molecule has 0 radical (unpaired) electrons. The minimum Gasteiger partial charge on any atom is -0.486 e. The van der Waals surface area contributed by atoms with Gasteiger partial charge in [-0.3, -0.25) is 0 Å². The molecule has 0 bridgehead atoms. The summed E-state index contributed by atoms with van der Waals surface area (Å²) in [6.07, 6.45) is 2.58. The Balaban J connectivity index is 1.63. The number of benzene rings is 1. The number of nitrogens with zero attached hydrogens (tertiary/aromatic N) is 1. The zero-order valence-electron chi connectivity index (χ0n) is 12.2. The highest BCUT2D eigenvalue weighted by Gasteiger charge is 2.23. The molecule has 2 aliphatic rings. The van der Waals surface area contributed by atoms with Crippen LogP contribution in [0.5, 0.6) is 11.5 Å². The average Bonchev–Trinajstić information content (AvgIpc) is 2.94. The summed E-state index contributed by atoms with van der Waals surface area (Å²) in [4.78, 5) is 2.48. The molecule has 2 unspecified atom stereocenters. The van der Waals surface area contributed by atoms with Crippen LogP contribution in [0.15, 0.2) is 18.2 Å². The largest absolute Gasteiger partial charge is 0.486 e. The minimum absolute atomic E-state index is 0.0430. The quantitative estimate of drug-likeness (QED) is 0.916. The van der Waals surface area contributed by atoms with Gasteiger partial charge in [0.2, 0.25) is 0 Å². The van der Waals surface area contributed by atoms with Crippen molar-refractivity contribution in [3.63, 3.8) is 0 Å². The summed E-state index contributed by atoms with van der Waals surface area (Å²) in [5, 5.41) is 0. The van der Waals surface area contributed by atoms with Crippen molar-refractivity contribution in [2.75, 3.05) is 32.8 Å². The van der Waals surface area contributed by atoms with Gasteiger partial charge in [0.1, 0.15) is 13.2 Å². The Morgan fingerprint density at radius 2 is 2.10 bits per heavy atom. The molecule has 0 aliphatic carbocycles. The van der Waals surface area contributed by atoms with Crippen molar-refractivity contribution in [3.8, 4) is 11.5 Å². The topological polar surface area (TPSA) is 47.7 Å². The average molecular weight is 276 g/mol. The Labute approximate surface area is 120 Å². The normalized spacial score (nSPS) is 23.8. The summed E-state index contributed by atoms with van der Waals surface area (Å²) in [5.74, 6) is 2.51. The molecular weight excluding hydrogens is 252 g/mol. The van der Waals surface area contributed by atoms with E-state index in [9.17, 15) is 0 Å². The Hall–Kier alpha value is -1.26. The van der Waals surface area contributed by atoms with Crippen LogP contribution in [-0.2, 0) is 0 Å². The van der Waals surface area contributed by atoms with Crippen molar-refractivity contribution in [2.45, 2.75) is 25.8 Å². The first kappa shape index (κ1) is 13.7. The number of likely N-dealkylation sites (tertiary alicyclic amines) is 1. The number of rotatable bonds is 4. The Bertz CT molecular complexity index is 464. The monoisotopic (exact) mass is 276 g/mol. The molecule has 20 heavy (non-hydrogen) atoms. The lowest BCUT2D eigenvalue weighted by atomic mass is 10.1. The van der Waals surface area contributed by atoms with Crippen molar-refractivity contribution in [1.29, 1.82) is 0 Å². The van der Waals surface area contributed by atoms with Crippen LogP contribution in [0.2, 0.25) is 0 Å². The molecule has 0 aromatic heterocycles. The van der Waals surface area contributed by atoms with Gasteiger partial charge >= 0.3 is 0 Å². The van der Waals surface area contributed by atoms with Gasteiger partial charge < -0.3 is 20.1 Å². The summed E-state index contributed by atoms with van der Waals surface area (Å²) in [6, 6.07) is 6.11. The zero-order valence-corrected chi connectivity index (χ0v) is 12.2. The van der Waals surface area contributed by atoms with Gasteiger partial charge in [0.15, 0.2) is 11.5 Å². The van der Waals surface area contributed by atoms with E-state index in [2.05, 4.69) is 17.9 Å². The van der Waals surface area contributed by atoms with Crippen LogP contribution in [-0.4, -0.2) is 37.7 Å². The summed E-state index contributed by atoms with van der Waals surface area (Å²) >= 11 is 0. The van der Waals surface area contributed by atoms with Crippen molar-refractivity contribution >= 4 is 0 Å². The van der Waals surface area contributed by atoms with Gasteiger partial charge in [0.05, 0.1) is 0 Å². The molecule has 3 rings (SSSR count). The summed E-state index contributed by atoms with van der Waals surface area (Å²) in [5.41, 5.74) is 7.49. The van der Waals surface area contributed by atoms with E-state index in [-0.39, 0.29) is 6.04 Å². The number of fused-ring (bicyclic) bond motifs is 1. The minimum atomic E-state index is 0.0430. The first-order valence-electron chi connectivity index (χ1n) is 7.63. The van der Waals surface area contributed by atoms with E-state index < -0.39 is 0 Å². The third-order valence-electron chi connectivity index (χ3n) is 4.40. The van der Waals surface area contributed by atoms with E-state index in [4.69, 9.17) is 15.2 Å². The summed E-state index contributed by atoms with van der Waals surface area (Å²) in [7, 11) is 0. The second-order valence-corrected chi connectivity index (χ2v) is 5.83. The number of nitrogens with two attached hydrogens (primary N) is 1. The lowest BCUT2D eigenvalue weighted by molar-refractivity contribution is 0.171. The highest BCUT2D eigenvalue weighted by atomic mass is 16.6. The first-order valence-corrected chi connectivity index (χ1v) is 7.63. The van der Waals surface area contributed by atoms with Gasteiger partial charge in [-0.25, -0.2) is 0 Å². The van der Waals surface area contributed by atoms with Crippen LogP contribution in [0.3, 0.4) is 0 Å². The lowest BCUT2D eigenvalue weighted by Crippen LogP contribution is -2.30. The van der Waals surface area contributed by atoms with Crippen molar-refractivity contribution in [1.82, 2.24) is 4.90 Å². The van der Waals surface area contributed by atoms with Crippen LogP contribution in [0.25, 0.3) is 0 Å². The van der Waals surface area contributed by atoms with Gasteiger partial charge in [-0.05, 0) is 36.6 Å². The SMILES string of the molecule is CCC1CCN(CC(N)c2ccc3c(c2)OCCO3)C1. The fourth-order valence-electron chi connectivity index (χ4n) is 3.09. The molecule has 0 amide bonds. The molecule has 2 aliphatic heterocycles. The van der Waals surface area contributed by atoms with E-state index in [1.165, 1.54) is 25.9 Å². The summed E-state index contributed by atoms with van der Waals surface area (Å²) < 4.78 is 11.2. The Kier molecular flexibility index (Phi) is 4.13. The van der Waals surface area contributed by atoms with Gasteiger partial charge in [-0.15, -0.1) is 0 Å². The second-order valence-electron chi connectivity index (χ2n) is 5.83. The molecule has 0 saturated carbocycles. The molecule has 0 spiro atoms. The van der Waals surface area contributed by atoms with Crippen molar-refractivity contribution < 1.29 is 9.47 Å². The molecule has 110 valence electrons. The number of ether oxygens (including phenoxy) is 2. The lowest BCUT2D eigenvalue weighted by Gasteiger charge is -2.23. The third-order valence-corrected chi connectivity index (χ3v) is 4.40. The molecule has 1 saturated heterocycles. The van der Waals surface area contributed by atoms with Crippen LogP contribution < -0.4 is 15.2 Å². The molecule has 1 aromatic carbocycles. The van der Waals surface area contributed by atoms with Gasteiger partial charge in [0.25, 0.3) is 0 Å². The third kappa shape index (κ3) is 2.91. The second kappa shape index (κ2) is 6.02. The molecule has 4 heteroatoms. The van der Waals surface area contributed by atoms with Crippen LogP contribution in [0.4, 0.5) is 0 Å². The Morgan fingerprint density at radius 1 is 1.30 bits per heavy atom. The maximum absolute atomic E-state index is 6.36. The number of hydrogen-bond donors (Lipinski definition) is 1. The molecule has 1 aromatic rings. The number of hydrogen-bond acceptors (Lipinski definition) is 4. The molecule has 2 N–H and O–H groups in total. The molecule has 1 fully saturated rings. The Morgan fingerprint density at radius 3 is 2.85 bits per heavy atom. The predicted molar refractivity (Wildman–Crippen MR) is 79.2 cm³/mol. The van der Waals surface area contributed by atoms with Crippen molar-refractivity contribution in [3.05, 3.63) is 23.8 Å². The smallest absolute Gasteiger partial charge is 0.161 e. The molecule has 2 heterocycles. The van der Waals surface area contributed by atoms with Crippen LogP contribution in [0.1, 0.15) is 31.4 Å². The van der Waals surface area contributed by atoms with E-state index in [0.29, 0.717) is 13.2 Å². The van der Waals surface area contributed by atoms with E-state index >= 15 is 0 Å². The summed E-state index contributed by atoms with van der Waals surface area (Å²) in [6.45, 7) is 6.82. The molecule has 2 atom stereocenters. The fourth-order valence-corrected chi connectivity index (χ4v) is 3.09. The zero-order chi connectivity index (χ0) is 13.9. The van der Waals surface area contributed by atoms with Gasteiger partial charge in [0, 0.05) is 19.1 Å². The fraction of sp³-hybridized carbons (Fsp3) is 0.625.